The average molecular weight is 312 g/mol. The zero-order valence-electron chi connectivity index (χ0n) is 11.6. The van der Waals surface area contributed by atoms with E-state index in [4.69, 9.17) is 11.1 Å². The lowest BCUT2D eigenvalue weighted by Crippen LogP contribution is -2.42. The summed E-state index contributed by atoms with van der Waals surface area (Å²) >= 11 is 0. The van der Waals surface area contributed by atoms with E-state index in [1.165, 1.54) is 18.5 Å². The monoisotopic (exact) mass is 312 g/mol. The number of aliphatic imine (C=N–C) groups is 1. The Kier molecular flexibility index (Phi) is 4.43. The van der Waals surface area contributed by atoms with Crippen molar-refractivity contribution in [3.05, 3.63) is 30.6 Å². The van der Waals surface area contributed by atoms with E-state index in [0.717, 1.165) is 4.90 Å². The molecule has 0 radical (unpaired) electrons. The Balaban J connectivity index is 2.19. The maximum absolute atomic E-state index is 12.9. The van der Waals surface area contributed by atoms with Crippen molar-refractivity contribution in [1.29, 1.82) is 5.41 Å². The van der Waals surface area contributed by atoms with Gasteiger partial charge in [0.2, 0.25) is 5.95 Å². The number of amidine groups is 2. The molecular weight excluding hydrogens is 297 g/mol. The Labute approximate surface area is 125 Å². The zero-order valence-corrected chi connectivity index (χ0v) is 11.6. The van der Waals surface area contributed by atoms with E-state index in [1.807, 2.05) is 0 Å². The summed E-state index contributed by atoms with van der Waals surface area (Å²) in [7, 11) is 0. The first kappa shape index (κ1) is 15.9. The van der Waals surface area contributed by atoms with Crippen molar-refractivity contribution in [2.24, 2.45) is 10.7 Å². The first-order valence-electron chi connectivity index (χ1n) is 6.54. The van der Waals surface area contributed by atoms with Crippen molar-refractivity contribution in [3.8, 4) is 0 Å². The molecule has 0 amide bonds. The predicted octanol–water partition coefficient (Wildman–Crippen LogP) is 1.88. The van der Waals surface area contributed by atoms with Gasteiger partial charge in [-0.05, 0) is 18.9 Å². The van der Waals surface area contributed by atoms with Gasteiger partial charge in [0.25, 0.3) is 0 Å². The SMILES string of the molecule is C=CC(N)=NC(=N)c1cnc(N2CCCC2C(F)(F)F)nc1. The Morgan fingerprint density at radius 1 is 1.45 bits per heavy atom. The van der Waals surface area contributed by atoms with Crippen molar-refractivity contribution in [2.75, 3.05) is 11.4 Å². The molecule has 9 heteroatoms. The summed E-state index contributed by atoms with van der Waals surface area (Å²) in [6, 6.07) is -1.56. The fraction of sp³-hybridized carbons (Fsp3) is 0.385. The topological polar surface area (TPSA) is 91.2 Å². The lowest BCUT2D eigenvalue weighted by atomic mass is 10.2. The van der Waals surface area contributed by atoms with E-state index in [1.54, 1.807) is 0 Å². The standard InChI is InChI=1S/C13H15F3N6/c1-2-10(17)21-11(18)8-6-19-12(20-7-8)22-5-3-4-9(22)13(14,15)16/h2,6-7,9H,1,3-5H2,(H3,17,18,21). The molecule has 2 heterocycles. The molecule has 0 aromatic carbocycles. The van der Waals surface area contributed by atoms with Crippen molar-refractivity contribution in [1.82, 2.24) is 9.97 Å². The molecule has 0 spiro atoms. The zero-order chi connectivity index (χ0) is 16.3. The van der Waals surface area contributed by atoms with Crippen LogP contribution in [-0.2, 0) is 0 Å². The van der Waals surface area contributed by atoms with Gasteiger partial charge < -0.3 is 10.6 Å². The first-order valence-corrected chi connectivity index (χ1v) is 6.54. The number of alkyl halides is 3. The van der Waals surface area contributed by atoms with E-state index in [-0.39, 0.29) is 36.1 Å². The van der Waals surface area contributed by atoms with Crippen molar-refractivity contribution in [3.63, 3.8) is 0 Å². The molecule has 118 valence electrons. The smallest absolute Gasteiger partial charge is 0.384 e. The molecule has 2 rings (SSSR count). The maximum atomic E-state index is 12.9. The lowest BCUT2D eigenvalue weighted by molar-refractivity contribution is -0.146. The Morgan fingerprint density at radius 3 is 2.64 bits per heavy atom. The van der Waals surface area contributed by atoms with Crippen LogP contribution in [0.15, 0.2) is 30.0 Å². The summed E-state index contributed by atoms with van der Waals surface area (Å²) in [5.41, 5.74) is 5.68. The molecular formula is C13H15F3N6. The molecule has 1 aromatic rings. The minimum absolute atomic E-state index is 0.00273. The van der Waals surface area contributed by atoms with E-state index >= 15 is 0 Å². The highest BCUT2D eigenvalue weighted by atomic mass is 19.4. The number of nitrogens with zero attached hydrogens (tertiary/aromatic N) is 4. The molecule has 1 unspecified atom stereocenters. The Morgan fingerprint density at radius 2 is 2.09 bits per heavy atom. The molecule has 1 aliphatic rings. The van der Waals surface area contributed by atoms with Gasteiger partial charge in [0.05, 0.1) is 5.56 Å². The molecule has 1 fully saturated rings. The number of nitrogens with one attached hydrogen (secondary N) is 1. The minimum Gasteiger partial charge on any atom is -0.384 e. The third-order valence-corrected chi connectivity index (χ3v) is 3.25. The van der Waals surface area contributed by atoms with Gasteiger partial charge in [-0.1, -0.05) is 6.58 Å². The van der Waals surface area contributed by atoms with Crippen molar-refractivity contribution >= 4 is 17.6 Å². The van der Waals surface area contributed by atoms with Crippen molar-refractivity contribution < 1.29 is 13.2 Å². The van der Waals surface area contributed by atoms with Gasteiger partial charge in [-0.2, -0.15) is 13.2 Å². The van der Waals surface area contributed by atoms with Gasteiger partial charge in [-0.3, -0.25) is 5.41 Å². The van der Waals surface area contributed by atoms with Crippen LogP contribution in [-0.4, -0.2) is 40.4 Å². The first-order chi connectivity index (χ1) is 10.3. The number of aromatic nitrogens is 2. The summed E-state index contributed by atoms with van der Waals surface area (Å²) in [5.74, 6) is -0.124. The molecule has 1 aromatic heterocycles. The molecule has 0 bridgehead atoms. The molecule has 0 saturated carbocycles. The van der Waals surface area contributed by atoms with Gasteiger partial charge in [0, 0.05) is 18.9 Å². The summed E-state index contributed by atoms with van der Waals surface area (Å²) in [6.07, 6.45) is -0.0433. The second kappa shape index (κ2) is 6.12. The highest BCUT2D eigenvalue weighted by molar-refractivity contribution is 6.07. The Bertz CT molecular complexity index is 593. The summed E-state index contributed by atoms with van der Waals surface area (Å²) < 4.78 is 38.7. The van der Waals surface area contributed by atoms with Crippen LogP contribution >= 0.6 is 0 Å². The van der Waals surface area contributed by atoms with Crippen LogP contribution in [0.5, 0.6) is 0 Å². The predicted molar refractivity (Wildman–Crippen MR) is 77.1 cm³/mol. The van der Waals surface area contributed by atoms with Gasteiger partial charge in [0.15, 0.2) is 5.84 Å². The molecule has 3 N–H and O–H groups in total. The largest absolute Gasteiger partial charge is 0.408 e. The fourth-order valence-electron chi connectivity index (χ4n) is 2.18. The molecule has 0 aliphatic carbocycles. The highest BCUT2D eigenvalue weighted by Crippen LogP contribution is 2.34. The van der Waals surface area contributed by atoms with Crippen LogP contribution in [0.2, 0.25) is 0 Å². The third kappa shape index (κ3) is 3.41. The van der Waals surface area contributed by atoms with Gasteiger partial charge >= 0.3 is 6.18 Å². The van der Waals surface area contributed by atoms with Gasteiger partial charge in [-0.25, -0.2) is 15.0 Å². The molecule has 1 aliphatic heterocycles. The minimum atomic E-state index is -4.31. The molecule has 1 atom stereocenters. The van der Waals surface area contributed by atoms with Crippen LogP contribution in [0, 0.1) is 5.41 Å². The van der Waals surface area contributed by atoms with E-state index in [0.29, 0.717) is 6.42 Å². The summed E-state index contributed by atoms with van der Waals surface area (Å²) in [4.78, 5) is 12.7. The van der Waals surface area contributed by atoms with Crippen LogP contribution in [0.3, 0.4) is 0 Å². The van der Waals surface area contributed by atoms with Gasteiger partial charge in [0.1, 0.15) is 11.9 Å². The number of nitrogens with two attached hydrogens (primary N) is 1. The van der Waals surface area contributed by atoms with Crippen LogP contribution in [0.1, 0.15) is 18.4 Å². The number of anilines is 1. The van der Waals surface area contributed by atoms with Crippen LogP contribution in [0.4, 0.5) is 19.1 Å². The molecule has 1 saturated heterocycles. The van der Waals surface area contributed by atoms with Gasteiger partial charge in [-0.15, -0.1) is 0 Å². The van der Waals surface area contributed by atoms with E-state index in [9.17, 15) is 13.2 Å². The quantitative estimate of drug-likeness (QED) is 0.658. The van der Waals surface area contributed by atoms with Crippen LogP contribution in [0.25, 0.3) is 0 Å². The average Bonchev–Trinajstić information content (AvgIpc) is 2.96. The third-order valence-electron chi connectivity index (χ3n) is 3.25. The lowest BCUT2D eigenvalue weighted by Gasteiger charge is -2.26. The number of hydrogen-bond acceptors (Lipinski definition) is 4. The molecule has 6 nitrogen and oxygen atoms in total. The summed E-state index contributed by atoms with van der Waals surface area (Å²) in [5, 5.41) is 7.69. The van der Waals surface area contributed by atoms with Crippen LogP contribution < -0.4 is 10.6 Å². The number of hydrogen-bond donors (Lipinski definition) is 2. The fourth-order valence-corrected chi connectivity index (χ4v) is 2.18. The van der Waals surface area contributed by atoms with E-state index < -0.39 is 12.2 Å². The number of rotatable bonds is 3. The Hall–Kier alpha value is -2.45. The van der Waals surface area contributed by atoms with Crippen molar-refractivity contribution in [2.45, 2.75) is 25.1 Å². The maximum Gasteiger partial charge on any atom is 0.408 e. The number of halogens is 3. The normalized spacial score (nSPS) is 19.3. The molecule has 22 heavy (non-hydrogen) atoms. The highest BCUT2D eigenvalue weighted by Gasteiger charge is 2.46. The second-order valence-corrected chi connectivity index (χ2v) is 4.75. The summed E-state index contributed by atoms with van der Waals surface area (Å²) in [6.45, 7) is 3.66. The van der Waals surface area contributed by atoms with E-state index in [2.05, 4.69) is 21.5 Å². The second-order valence-electron chi connectivity index (χ2n) is 4.75.